The van der Waals surface area contributed by atoms with Crippen molar-refractivity contribution in [1.29, 1.82) is 0 Å². The van der Waals surface area contributed by atoms with Gasteiger partial charge in [-0.25, -0.2) is 13.4 Å². The first-order valence-corrected chi connectivity index (χ1v) is 6.43. The molecule has 0 aromatic carbocycles. The Bertz CT molecular complexity index is 515. The van der Waals surface area contributed by atoms with Crippen LogP contribution >= 0.6 is 11.6 Å². The number of imidazole rings is 1. The van der Waals surface area contributed by atoms with Crippen molar-refractivity contribution in [1.82, 2.24) is 14.3 Å². The molecule has 0 saturated carbocycles. The molecule has 0 amide bonds. The van der Waals surface area contributed by atoms with Crippen LogP contribution in [-0.2, 0) is 17.1 Å². The third kappa shape index (κ3) is 2.55. The van der Waals surface area contributed by atoms with Crippen molar-refractivity contribution < 1.29 is 8.42 Å². The highest BCUT2D eigenvalue weighted by atomic mass is 35.5. The Balaban J connectivity index is 3.05. The third-order valence-corrected chi connectivity index (χ3v) is 3.96. The van der Waals surface area contributed by atoms with Crippen LogP contribution in [0.3, 0.4) is 0 Å². The number of nitrogens with zero attached hydrogens (tertiary/aromatic N) is 2. The van der Waals surface area contributed by atoms with Gasteiger partial charge in [-0.05, 0) is 6.42 Å². The maximum absolute atomic E-state index is 11.8. The second kappa shape index (κ2) is 4.87. The summed E-state index contributed by atoms with van der Waals surface area (Å²) in [6, 6.07) is -0.553. The monoisotopic (exact) mass is 261 g/mol. The smallest absolute Gasteiger partial charge is 0.262 e. The van der Waals surface area contributed by atoms with Crippen molar-refractivity contribution in [2.45, 2.75) is 24.4 Å². The van der Waals surface area contributed by atoms with E-state index in [4.69, 9.17) is 18.0 Å². The lowest BCUT2D eigenvalue weighted by molar-refractivity contribution is 0.567. The summed E-state index contributed by atoms with van der Waals surface area (Å²) >= 11 is 5.79. The lowest BCUT2D eigenvalue weighted by atomic mass is 10.3. The molecule has 1 aromatic rings. The number of hydrogen-bond donors (Lipinski definition) is 1. The van der Waals surface area contributed by atoms with E-state index >= 15 is 0 Å². The summed E-state index contributed by atoms with van der Waals surface area (Å²) in [5.74, 6) is 2.34. The van der Waals surface area contributed by atoms with Gasteiger partial charge in [0.25, 0.3) is 10.0 Å². The van der Waals surface area contributed by atoms with Gasteiger partial charge in [0.05, 0.1) is 12.4 Å². The van der Waals surface area contributed by atoms with E-state index in [1.807, 2.05) is 0 Å². The summed E-state index contributed by atoms with van der Waals surface area (Å²) in [7, 11) is -2.15. The van der Waals surface area contributed by atoms with Crippen LogP contribution in [0.25, 0.3) is 0 Å². The Morgan fingerprint density at radius 2 is 2.38 bits per heavy atom. The minimum absolute atomic E-state index is 0.0550. The topological polar surface area (TPSA) is 64.0 Å². The van der Waals surface area contributed by atoms with Gasteiger partial charge >= 0.3 is 0 Å². The van der Waals surface area contributed by atoms with E-state index in [1.165, 1.54) is 10.9 Å². The minimum Gasteiger partial charge on any atom is -0.324 e. The molecule has 1 atom stereocenters. The molecule has 1 heterocycles. The number of terminal acetylenes is 1. The highest BCUT2D eigenvalue weighted by Crippen LogP contribution is 2.18. The zero-order chi connectivity index (χ0) is 12.3. The van der Waals surface area contributed by atoms with Crippen LogP contribution in [-0.4, -0.2) is 24.0 Å². The van der Waals surface area contributed by atoms with E-state index < -0.39 is 16.1 Å². The predicted octanol–water partition coefficient (Wildman–Crippen LogP) is 0.764. The molecule has 0 aliphatic rings. The summed E-state index contributed by atoms with van der Waals surface area (Å²) < 4.78 is 27.4. The maximum atomic E-state index is 11.8. The Morgan fingerprint density at radius 1 is 1.75 bits per heavy atom. The van der Waals surface area contributed by atoms with Gasteiger partial charge in [0.1, 0.15) is 5.15 Å². The van der Waals surface area contributed by atoms with Crippen LogP contribution < -0.4 is 4.72 Å². The zero-order valence-corrected chi connectivity index (χ0v) is 10.5. The molecule has 16 heavy (non-hydrogen) atoms. The van der Waals surface area contributed by atoms with Gasteiger partial charge in [-0.15, -0.1) is 6.42 Å². The Kier molecular flexibility index (Phi) is 3.97. The molecule has 0 spiro atoms. The second-order valence-corrected chi connectivity index (χ2v) is 5.19. The minimum atomic E-state index is -3.75. The van der Waals surface area contributed by atoms with Gasteiger partial charge in [0.15, 0.2) is 0 Å². The van der Waals surface area contributed by atoms with Crippen LogP contribution in [0.4, 0.5) is 0 Å². The molecule has 0 saturated heterocycles. The molecule has 0 radical (unpaired) electrons. The molecule has 1 N–H and O–H groups in total. The highest BCUT2D eigenvalue weighted by Gasteiger charge is 2.24. The number of nitrogens with one attached hydrogen (secondary N) is 1. The predicted molar refractivity (Wildman–Crippen MR) is 61.5 cm³/mol. The molecule has 1 unspecified atom stereocenters. The van der Waals surface area contributed by atoms with Crippen molar-refractivity contribution in [3.05, 3.63) is 11.5 Å². The average Bonchev–Trinajstić information content (AvgIpc) is 2.57. The largest absolute Gasteiger partial charge is 0.324 e. The number of aryl methyl sites for hydroxylation is 1. The molecule has 1 aromatic heterocycles. The van der Waals surface area contributed by atoms with E-state index in [0.29, 0.717) is 6.42 Å². The number of rotatable bonds is 4. The standard InChI is InChI=1S/C9H12ClN3O2S/c1-4-7(5-2)12-16(14,15)9-8(10)13(3)6-11-9/h1,6-7,12H,5H2,2-3H3. The third-order valence-electron chi connectivity index (χ3n) is 2.00. The summed E-state index contributed by atoms with van der Waals surface area (Å²) in [5.41, 5.74) is 0. The van der Waals surface area contributed by atoms with Gasteiger partial charge in [0, 0.05) is 7.05 Å². The average molecular weight is 262 g/mol. The van der Waals surface area contributed by atoms with Crippen LogP contribution in [0.15, 0.2) is 11.4 Å². The van der Waals surface area contributed by atoms with Crippen molar-refractivity contribution in [3.8, 4) is 12.3 Å². The first-order chi connectivity index (χ1) is 7.42. The van der Waals surface area contributed by atoms with Crippen molar-refractivity contribution in [2.24, 2.45) is 7.05 Å². The molecule has 88 valence electrons. The van der Waals surface area contributed by atoms with Crippen molar-refractivity contribution >= 4 is 21.6 Å². The van der Waals surface area contributed by atoms with E-state index in [-0.39, 0.29) is 10.2 Å². The molecular formula is C9H12ClN3O2S. The summed E-state index contributed by atoms with van der Waals surface area (Å²) in [6.07, 6.45) is 7.00. The fourth-order valence-electron chi connectivity index (χ4n) is 1.05. The molecule has 0 fully saturated rings. The number of aromatic nitrogens is 2. The van der Waals surface area contributed by atoms with E-state index in [0.717, 1.165) is 0 Å². The molecule has 0 aliphatic carbocycles. The summed E-state index contributed by atoms with van der Waals surface area (Å²) in [6.45, 7) is 1.78. The van der Waals surface area contributed by atoms with Crippen LogP contribution in [0.2, 0.25) is 5.15 Å². The molecule has 7 heteroatoms. The second-order valence-electron chi connectivity index (χ2n) is 3.20. The SMILES string of the molecule is C#CC(CC)NS(=O)(=O)c1ncn(C)c1Cl. The molecular weight excluding hydrogens is 250 g/mol. The van der Waals surface area contributed by atoms with Crippen molar-refractivity contribution in [3.63, 3.8) is 0 Å². The van der Waals surface area contributed by atoms with E-state index in [2.05, 4.69) is 15.6 Å². The van der Waals surface area contributed by atoms with Gasteiger partial charge < -0.3 is 4.57 Å². The van der Waals surface area contributed by atoms with Crippen LogP contribution in [0.5, 0.6) is 0 Å². The summed E-state index contributed by atoms with van der Waals surface area (Å²) in [4.78, 5) is 3.72. The fraction of sp³-hybridized carbons (Fsp3) is 0.444. The van der Waals surface area contributed by atoms with Gasteiger partial charge in [-0.3, -0.25) is 0 Å². The van der Waals surface area contributed by atoms with Gasteiger partial charge in [-0.2, -0.15) is 4.72 Å². The normalized spacial score (nSPS) is 13.4. The van der Waals surface area contributed by atoms with E-state index in [9.17, 15) is 8.42 Å². The lowest BCUT2D eigenvalue weighted by Gasteiger charge is -2.09. The Morgan fingerprint density at radius 3 is 2.75 bits per heavy atom. The Hall–Kier alpha value is -1.03. The van der Waals surface area contributed by atoms with E-state index in [1.54, 1.807) is 14.0 Å². The fourth-order valence-corrected chi connectivity index (χ4v) is 2.72. The highest BCUT2D eigenvalue weighted by molar-refractivity contribution is 7.89. The first kappa shape index (κ1) is 13.0. The van der Waals surface area contributed by atoms with Crippen LogP contribution in [0.1, 0.15) is 13.3 Å². The molecule has 1 rings (SSSR count). The molecule has 0 bridgehead atoms. The maximum Gasteiger partial charge on any atom is 0.262 e. The number of halogens is 1. The zero-order valence-electron chi connectivity index (χ0n) is 8.94. The first-order valence-electron chi connectivity index (χ1n) is 4.57. The number of hydrogen-bond acceptors (Lipinski definition) is 3. The lowest BCUT2D eigenvalue weighted by Crippen LogP contribution is -2.33. The number of sulfonamides is 1. The van der Waals surface area contributed by atoms with Crippen molar-refractivity contribution in [2.75, 3.05) is 0 Å². The van der Waals surface area contributed by atoms with Gasteiger partial charge in [-0.1, -0.05) is 24.4 Å². The quantitative estimate of drug-likeness (QED) is 0.814. The Labute approximate surface area is 99.9 Å². The summed E-state index contributed by atoms with van der Waals surface area (Å²) in [5, 5.41) is -0.148. The van der Waals surface area contributed by atoms with Gasteiger partial charge in [0.2, 0.25) is 5.03 Å². The molecule has 0 aliphatic heterocycles. The molecule has 5 nitrogen and oxygen atoms in total. The van der Waals surface area contributed by atoms with Crippen LogP contribution in [0, 0.1) is 12.3 Å².